The quantitative estimate of drug-likeness (QED) is 0.520. The van der Waals surface area contributed by atoms with E-state index in [4.69, 9.17) is 10.5 Å². The minimum Gasteiger partial charge on any atom is -0.496 e. The number of ketones is 1. The number of Topliss-reactive ketones (excluding diaryl/α,β-unsaturated/α-hetero) is 1. The highest BCUT2D eigenvalue weighted by atomic mass is 19.4. The molecule has 2 aromatic rings. The first-order valence-corrected chi connectivity index (χ1v) is 10.7. The molecule has 1 fully saturated rings. The number of nitrogens with zero attached hydrogens (tertiary/aromatic N) is 1. The lowest BCUT2D eigenvalue weighted by Crippen LogP contribution is -2.54. The molecule has 0 aromatic heterocycles. The van der Waals surface area contributed by atoms with E-state index < -0.39 is 59.4 Å². The zero-order chi connectivity index (χ0) is 25.8. The molecule has 0 radical (unpaired) electrons. The van der Waals surface area contributed by atoms with Crippen molar-refractivity contribution in [2.24, 2.45) is 5.73 Å². The number of halogens is 3. The normalized spacial score (nSPS) is 16.3. The van der Waals surface area contributed by atoms with E-state index in [0.717, 1.165) is 17.0 Å². The highest BCUT2D eigenvalue weighted by Gasteiger charge is 2.41. The van der Waals surface area contributed by atoms with Crippen LogP contribution in [0.25, 0.3) is 0 Å². The number of alkyl halides is 3. The largest absolute Gasteiger partial charge is 0.496 e. The molecule has 11 heteroatoms. The van der Waals surface area contributed by atoms with Gasteiger partial charge in [-0.1, -0.05) is 36.4 Å². The van der Waals surface area contributed by atoms with Gasteiger partial charge in [0.25, 0.3) is 5.91 Å². The van der Waals surface area contributed by atoms with Crippen molar-refractivity contribution in [3.05, 3.63) is 65.2 Å². The number of primary amides is 1. The number of hydrogen-bond donors (Lipinski definition) is 2. The lowest BCUT2D eigenvalue weighted by Gasteiger charge is -2.33. The summed E-state index contributed by atoms with van der Waals surface area (Å²) in [5.41, 5.74) is 4.35. The molecule has 3 N–H and O–H groups in total. The first-order valence-electron chi connectivity index (χ1n) is 10.7. The third-order valence-electron chi connectivity index (χ3n) is 5.76. The zero-order valence-electron chi connectivity index (χ0n) is 18.8. The number of nitrogens with two attached hydrogens (primary N) is 1. The average Bonchev–Trinajstić information content (AvgIpc) is 3.26. The number of methoxy groups -OCH3 is 1. The van der Waals surface area contributed by atoms with Gasteiger partial charge in [-0.25, -0.2) is 0 Å². The van der Waals surface area contributed by atoms with Crippen molar-refractivity contribution < 1.29 is 37.1 Å². The number of benzene rings is 2. The van der Waals surface area contributed by atoms with E-state index in [9.17, 15) is 32.3 Å². The summed E-state index contributed by atoms with van der Waals surface area (Å²) in [4.78, 5) is 50.9. The molecule has 0 saturated carbocycles. The predicted molar refractivity (Wildman–Crippen MR) is 118 cm³/mol. The van der Waals surface area contributed by atoms with Crippen LogP contribution in [-0.4, -0.2) is 47.6 Å². The van der Waals surface area contributed by atoms with Gasteiger partial charge in [0.2, 0.25) is 17.6 Å². The van der Waals surface area contributed by atoms with E-state index in [0.29, 0.717) is 5.56 Å². The van der Waals surface area contributed by atoms with E-state index >= 15 is 0 Å². The van der Waals surface area contributed by atoms with E-state index in [1.54, 1.807) is 30.3 Å². The van der Waals surface area contributed by atoms with Gasteiger partial charge in [-0.3, -0.25) is 19.2 Å². The minimum atomic E-state index is -4.79. The summed E-state index contributed by atoms with van der Waals surface area (Å²) >= 11 is 0. The maximum absolute atomic E-state index is 13.8. The van der Waals surface area contributed by atoms with Gasteiger partial charge in [0, 0.05) is 18.4 Å². The molecule has 35 heavy (non-hydrogen) atoms. The SMILES string of the molecule is COc1cccc(C(F)(F)F)c1CN(C(=O)C1CCC(=O)N1)C(Cc1ccccc1)C(=O)C(N)=O. The van der Waals surface area contributed by atoms with Gasteiger partial charge in [-0.2, -0.15) is 13.2 Å². The average molecular weight is 491 g/mol. The number of amides is 3. The van der Waals surface area contributed by atoms with Crippen LogP contribution in [0.2, 0.25) is 0 Å². The van der Waals surface area contributed by atoms with Crippen LogP contribution >= 0.6 is 0 Å². The van der Waals surface area contributed by atoms with E-state index in [-0.39, 0.29) is 25.0 Å². The second-order valence-electron chi connectivity index (χ2n) is 8.04. The molecule has 0 spiro atoms. The smallest absolute Gasteiger partial charge is 0.416 e. The second kappa shape index (κ2) is 10.6. The van der Waals surface area contributed by atoms with Crippen LogP contribution in [0.3, 0.4) is 0 Å². The third-order valence-corrected chi connectivity index (χ3v) is 5.76. The van der Waals surface area contributed by atoms with Crippen molar-refractivity contribution in [3.8, 4) is 5.75 Å². The maximum Gasteiger partial charge on any atom is 0.416 e. The monoisotopic (exact) mass is 491 g/mol. The molecule has 186 valence electrons. The molecule has 8 nitrogen and oxygen atoms in total. The Labute approximate surface area is 199 Å². The summed E-state index contributed by atoms with van der Waals surface area (Å²) in [6.45, 7) is -0.708. The van der Waals surface area contributed by atoms with Gasteiger partial charge in [0.15, 0.2) is 0 Å². The van der Waals surface area contributed by atoms with Crippen molar-refractivity contribution in [1.29, 1.82) is 0 Å². The number of hydrogen-bond acceptors (Lipinski definition) is 5. The Balaban J connectivity index is 2.13. The fourth-order valence-electron chi connectivity index (χ4n) is 4.04. The van der Waals surface area contributed by atoms with E-state index in [1.165, 1.54) is 13.2 Å². The summed E-state index contributed by atoms with van der Waals surface area (Å²) < 4.78 is 46.7. The number of nitrogens with one attached hydrogen (secondary N) is 1. The van der Waals surface area contributed by atoms with Crippen LogP contribution in [0.5, 0.6) is 5.75 Å². The number of carbonyl (C=O) groups is 4. The molecule has 2 aromatic carbocycles. The highest BCUT2D eigenvalue weighted by molar-refractivity contribution is 6.37. The van der Waals surface area contributed by atoms with Crippen LogP contribution in [-0.2, 0) is 38.3 Å². The topological polar surface area (TPSA) is 119 Å². The zero-order valence-corrected chi connectivity index (χ0v) is 18.8. The van der Waals surface area contributed by atoms with Gasteiger partial charge in [0.1, 0.15) is 17.8 Å². The Kier molecular flexibility index (Phi) is 7.78. The summed E-state index contributed by atoms with van der Waals surface area (Å²) in [5.74, 6) is -3.84. The molecular formula is C24H24F3N3O5. The number of rotatable bonds is 9. The van der Waals surface area contributed by atoms with Gasteiger partial charge in [0.05, 0.1) is 19.2 Å². The Morgan fingerprint density at radius 1 is 1.14 bits per heavy atom. The molecule has 2 atom stereocenters. The molecule has 1 saturated heterocycles. The first kappa shape index (κ1) is 25.7. The van der Waals surface area contributed by atoms with Crippen molar-refractivity contribution >= 4 is 23.5 Å². The Morgan fingerprint density at radius 2 is 1.83 bits per heavy atom. The Hall–Kier alpha value is -3.89. The molecule has 1 heterocycles. The maximum atomic E-state index is 13.8. The molecule has 3 amide bonds. The lowest BCUT2D eigenvalue weighted by molar-refractivity contribution is -0.147. The van der Waals surface area contributed by atoms with Crippen LogP contribution in [0.15, 0.2) is 48.5 Å². The molecule has 1 aliphatic rings. The van der Waals surface area contributed by atoms with E-state index in [2.05, 4.69) is 5.32 Å². The minimum absolute atomic E-state index is 0.0415. The molecule has 2 unspecified atom stereocenters. The van der Waals surface area contributed by atoms with Crippen LogP contribution in [0, 0.1) is 0 Å². The van der Waals surface area contributed by atoms with Gasteiger partial charge in [-0.15, -0.1) is 0 Å². The van der Waals surface area contributed by atoms with Crippen LogP contribution < -0.4 is 15.8 Å². The van der Waals surface area contributed by atoms with Crippen LogP contribution in [0.1, 0.15) is 29.5 Å². The van der Waals surface area contributed by atoms with Crippen molar-refractivity contribution in [2.45, 2.75) is 44.1 Å². The highest BCUT2D eigenvalue weighted by Crippen LogP contribution is 2.37. The lowest BCUT2D eigenvalue weighted by atomic mass is 9.97. The molecular weight excluding hydrogens is 467 g/mol. The van der Waals surface area contributed by atoms with Crippen molar-refractivity contribution in [3.63, 3.8) is 0 Å². The van der Waals surface area contributed by atoms with Gasteiger partial charge in [-0.05, 0) is 24.1 Å². The molecule has 0 bridgehead atoms. The Bertz CT molecular complexity index is 1120. The van der Waals surface area contributed by atoms with Crippen molar-refractivity contribution in [1.82, 2.24) is 10.2 Å². The molecule has 0 aliphatic carbocycles. The van der Waals surface area contributed by atoms with Gasteiger partial charge >= 0.3 is 6.18 Å². The predicted octanol–water partition coefficient (Wildman–Crippen LogP) is 1.99. The fraction of sp³-hybridized carbons (Fsp3) is 0.333. The first-order chi connectivity index (χ1) is 16.5. The summed E-state index contributed by atoms with van der Waals surface area (Å²) in [7, 11) is 1.18. The Morgan fingerprint density at radius 3 is 2.37 bits per heavy atom. The number of ether oxygens (including phenoxy) is 1. The molecule has 3 rings (SSSR count). The van der Waals surface area contributed by atoms with Crippen LogP contribution in [0.4, 0.5) is 13.2 Å². The standard InChI is InChI=1S/C24H24F3N3O5/c1-35-19-9-5-8-16(24(25,26)27)15(19)13-30(23(34)17-10-11-20(31)29-17)18(21(32)22(28)33)12-14-6-3-2-4-7-14/h2-9,17-18H,10-13H2,1H3,(H2,28,33)(H,29,31). The summed E-state index contributed by atoms with van der Waals surface area (Å²) in [6, 6.07) is 9.07. The third kappa shape index (κ3) is 5.97. The van der Waals surface area contributed by atoms with Crippen molar-refractivity contribution in [2.75, 3.05) is 7.11 Å². The number of carbonyl (C=O) groups excluding carboxylic acids is 4. The van der Waals surface area contributed by atoms with E-state index in [1.807, 2.05) is 0 Å². The second-order valence-corrected chi connectivity index (χ2v) is 8.04. The molecule has 1 aliphatic heterocycles. The summed E-state index contributed by atoms with van der Waals surface area (Å²) in [6.07, 6.45) is -4.83. The van der Waals surface area contributed by atoms with Gasteiger partial charge < -0.3 is 20.7 Å². The summed E-state index contributed by atoms with van der Waals surface area (Å²) in [5, 5.41) is 2.47. The fourth-order valence-corrected chi connectivity index (χ4v) is 4.04.